The van der Waals surface area contributed by atoms with E-state index in [4.69, 9.17) is 0 Å². The van der Waals surface area contributed by atoms with Crippen molar-refractivity contribution in [2.24, 2.45) is 5.41 Å². The Labute approximate surface area is 128 Å². The van der Waals surface area contributed by atoms with Gasteiger partial charge in [-0.15, -0.1) is 0 Å². The molecule has 0 radical (unpaired) electrons. The number of carbonyl (C=O) groups excluding carboxylic acids is 2. The molecular formula is C15H21BrN2O2. The molecular weight excluding hydrogens is 320 g/mol. The molecule has 0 saturated heterocycles. The Morgan fingerprint density at radius 3 is 2.35 bits per heavy atom. The van der Waals surface area contributed by atoms with Crippen molar-refractivity contribution >= 4 is 33.4 Å². The van der Waals surface area contributed by atoms with Crippen LogP contribution in [0, 0.1) is 5.41 Å². The number of hydrogen-bond donors (Lipinski definition) is 1. The molecule has 4 nitrogen and oxygen atoms in total. The van der Waals surface area contributed by atoms with Crippen LogP contribution >= 0.6 is 15.9 Å². The lowest BCUT2D eigenvalue weighted by atomic mass is 9.96. The number of hydrogen-bond acceptors (Lipinski definition) is 2. The topological polar surface area (TPSA) is 49.4 Å². The van der Waals surface area contributed by atoms with Crippen molar-refractivity contribution in [3.63, 3.8) is 0 Å². The first-order valence-electron chi connectivity index (χ1n) is 6.54. The van der Waals surface area contributed by atoms with Gasteiger partial charge in [-0.1, -0.05) is 32.9 Å². The van der Waals surface area contributed by atoms with Crippen LogP contribution in [-0.2, 0) is 9.59 Å². The van der Waals surface area contributed by atoms with Crippen molar-refractivity contribution < 1.29 is 9.59 Å². The summed E-state index contributed by atoms with van der Waals surface area (Å²) in [6.45, 7) is 7.97. The van der Waals surface area contributed by atoms with Gasteiger partial charge in [-0.3, -0.25) is 9.59 Å². The average molecular weight is 341 g/mol. The Balaban J connectivity index is 2.69. The summed E-state index contributed by atoms with van der Waals surface area (Å²) < 4.78 is 0.859. The van der Waals surface area contributed by atoms with Crippen LogP contribution in [0.2, 0.25) is 0 Å². The number of nitrogens with one attached hydrogen (secondary N) is 1. The van der Waals surface area contributed by atoms with Gasteiger partial charge in [0.05, 0.1) is 5.69 Å². The third-order valence-electron chi connectivity index (χ3n) is 2.83. The highest BCUT2D eigenvalue weighted by Gasteiger charge is 2.21. The van der Waals surface area contributed by atoms with E-state index >= 15 is 0 Å². The minimum atomic E-state index is -0.422. The smallest absolute Gasteiger partial charge is 0.225 e. The first-order chi connectivity index (χ1) is 9.23. The highest BCUT2D eigenvalue weighted by atomic mass is 79.9. The van der Waals surface area contributed by atoms with Gasteiger partial charge in [-0.2, -0.15) is 0 Å². The molecule has 5 heteroatoms. The van der Waals surface area contributed by atoms with Crippen molar-refractivity contribution in [1.29, 1.82) is 0 Å². The molecule has 0 aromatic heterocycles. The van der Waals surface area contributed by atoms with Crippen LogP contribution in [-0.4, -0.2) is 24.9 Å². The van der Waals surface area contributed by atoms with Crippen LogP contribution in [0.3, 0.4) is 0 Å². The van der Waals surface area contributed by atoms with Crippen molar-refractivity contribution in [1.82, 2.24) is 5.32 Å². The van der Waals surface area contributed by atoms with E-state index in [0.717, 1.165) is 10.2 Å². The molecule has 0 bridgehead atoms. The van der Waals surface area contributed by atoms with Crippen LogP contribution in [0.15, 0.2) is 28.7 Å². The molecule has 0 aliphatic carbocycles. The zero-order valence-electron chi connectivity index (χ0n) is 12.4. The second kappa shape index (κ2) is 6.88. The number of carbonyl (C=O) groups is 2. The molecule has 2 amide bonds. The Morgan fingerprint density at radius 1 is 1.25 bits per heavy atom. The van der Waals surface area contributed by atoms with Crippen LogP contribution in [0.1, 0.15) is 27.7 Å². The molecule has 1 N–H and O–H groups in total. The van der Waals surface area contributed by atoms with Crippen molar-refractivity contribution in [3.05, 3.63) is 28.7 Å². The first kappa shape index (κ1) is 16.7. The van der Waals surface area contributed by atoms with Crippen LogP contribution in [0.5, 0.6) is 0 Å². The van der Waals surface area contributed by atoms with E-state index in [2.05, 4.69) is 21.2 Å². The van der Waals surface area contributed by atoms with E-state index in [0.29, 0.717) is 13.1 Å². The minimum Gasteiger partial charge on any atom is -0.354 e. The SMILES string of the molecule is CC(=O)N(CCNC(=O)C(C)(C)C)c1ccccc1Br. The molecule has 0 unspecified atom stereocenters. The van der Waals surface area contributed by atoms with E-state index < -0.39 is 5.41 Å². The number of halogens is 1. The number of anilines is 1. The summed E-state index contributed by atoms with van der Waals surface area (Å²) >= 11 is 3.44. The molecule has 1 rings (SSSR count). The molecule has 0 saturated carbocycles. The summed E-state index contributed by atoms with van der Waals surface area (Å²) in [5.74, 6) is -0.0740. The van der Waals surface area contributed by atoms with Crippen molar-refractivity contribution in [2.45, 2.75) is 27.7 Å². The summed E-state index contributed by atoms with van der Waals surface area (Å²) in [4.78, 5) is 25.2. The number of amides is 2. The van der Waals surface area contributed by atoms with Crippen molar-refractivity contribution in [3.8, 4) is 0 Å². The van der Waals surface area contributed by atoms with Gasteiger partial charge < -0.3 is 10.2 Å². The summed E-state index contributed by atoms with van der Waals surface area (Å²) in [5.41, 5.74) is 0.388. The van der Waals surface area contributed by atoms with Gasteiger partial charge >= 0.3 is 0 Å². The maximum Gasteiger partial charge on any atom is 0.225 e. The average Bonchev–Trinajstić information content (AvgIpc) is 2.34. The molecule has 0 fully saturated rings. The minimum absolute atomic E-state index is 0.0203. The fraction of sp³-hybridized carbons (Fsp3) is 0.467. The van der Waals surface area contributed by atoms with Gasteiger partial charge in [-0.25, -0.2) is 0 Å². The molecule has 1 aromatic rings. The van der Waals surface area contributed by atoms with Crippen molar-refractivity contribution in [2.75, 3.05) is 18.0 Å². The summed E-state index contributed by atoms with van der Waals surface area (Å²) in [6.07, 6.45) is 0. The van der Waals surface area contributed by atoms with E-state index in [1.807, 2.05) is 45.0 Å². The summed E-state index contributed by atoms with van der Waals surface area (Å²) in [6, 6.07) is 7.53. The van der Waals surface area contributed by atoms with E-state index in [-0.39, 0.29) is 11.8 Å². The van der Waals surface area contributed by atoms with Gasteiger partial charge in [0.2, 0.25) is 11.8 Å². The van der Waals surface area contributed by atoms with Crippen LogP contribution in [0.25, 0.3) is 0 Å². The molecule has 110 valence electrons. The molecule has 0 aliphatic heterocycles. The predicted molar refractivity (Wildman–Crippen MR) is 84.6 cm³/mol. The number of rotatable bonds is 4. The standard InChI is InChI=1S/C15H21BrN2O2/c1-11(19)18(13-8-6-5-7-12(13)16)10-9-17-14(20)15(2,3)4/h5-8H,9-10H2,1-4H3,(H,17,20). The van der Waals surface area contributed by atoms with Gasteiger partial charge in [0.15, 0.2) is 0 Å². The van der Waals surface area contributed by atoms with Gasteiger partial charge in [0.1, 0.15) is 0 Å². The third kappa shape index (κ3) is 4.63. The van der Waals surface area contributed by atoms with E-state index in [1.165, 1.54) is 6.92 Å². The Kier molecular flexibility index (Phi) is 5.74. The molecule has 20 heavy (non-hydrogen) atoms. The summed E-state index contributed by atoms with van der Waals surface area (Å²) in [7, 11) is 0. The third-order valence-corrected chi connectivity index (χ3v) is 3.50. The van der Waals surface area contributed by atoms with Crippen LogP contribution < -0.4 is 10.2 Å². The lowest BCUT2D eigenvalue weighted by molar-refractivity contribution is -0.128. The fourth-order valence-electron chi connectivity index (χ4n) is 1.66. The zero-order chi connectivity index (χ0) is 15.3. The summed E-state index contributed by atoms with van der Waals surface area (Å²) in [5, 5.41) is 2.85. The first-order valence-corrected chi connectivity index (χ1v) is 7.33. The molecule has 0 spiro atoms. The van der Waals surface area contributed by atoms with E-state index in [1.54, 1.807) is 4.90 Å². The Morgan fingerprint density at radius 2 is 1.85 bits per heavy atom. The number of nitrogens with zero attached hydrogens (tertiary/aromatic N) is 1. The lowest BCUT2D eigenvalue weighted by Gasteiger charge is -2.24. The highest BCUT2D eigenvalue weighted by molar-refractivity contribution is 9.10. The monoisotopic (exact) mass is 340 g/mol. The number of para-hydroxylation sites is 1. The molecule has 0 heterocycles. The highest BCUT2D eigenvalue weighted by Crippen LogP contribution is 2.25. The second-order valence-corrected chi connectivity index (χ2v) is 6.48. The van der Waals surface area contributed by atoms with Gasteiger partial charge in [0.25, 0.3) is 0 Å². The quantitative estimate of drug-likeness (QED) is 0.915. The molecule has 0 atom stereocenters. The van der Waals surface area contributed by atoms with Crippen LogP contribution in [0.4, 0.5) is 5.69 Å². The largest absolute Gasteiger partial charge is 0.354 e. The van der Waals surface area contributed by atoms with Gasteiger partial charge in [0, 0.05) is 29.9 Å². The van der Waals surface area contributed by atoms with Gasteiger partial charge in [-0.05, 0) is 28.1 Å². The predicted octanol–water partition coefficient (Wildman–Crippen LogP) is 2.96. The normalized spacial score (nSPS) is 11.1. The lowest BCUT2D eigenvalue weighted by Crippen LogP contribution is -2.41. The Bertz CT molecular complexity index is 495. The van der Waals surface area contributed by atoms with E-state index in [9.17, 15) is 9.59 Å². The molecule has 1 aromatic carbocycles. The fourth-order valence-corrected chi connectivity index (χ4v) is 2.16. The maximum absolute atomic E-state index is 11.8. The Hall–Kier alpha value is -1.36. The second-order valence-electron chi connectivity index (χ2n) is 5.63. The number of benzene rings is 1. The maximum atomic E-state index is 11.8. The zero-order valence-corrected chi connectivity index (χ0v) is 14.0. The molecule has 0 aliphatic rings.